The molecule has 0 spiro atoms. The summed E-state index contributed by atoms with van der Waals surface area (Å²) in [6, 6.07) is 15.8. The Balaban J connectivity index is 1.70. The molecule has 0 radical (unpaired) electrons. The fourth-order valence-electron chi connectivity index (χ4n) is 2.50. The van der Waals surface area contributed by atoms with E-state index in [0.717, 1.165) is 26.8 Å². The van der Waals surface area contributed by atoms with Crippen molar-refractivity contribution < 1.29 is 4.79 Å². The minimum absolute atomic E-state index is 0.0412. The first-order valence-corrected chi connectivity index (χ1v) is 10.0. The highest BCUT2D eigenvalue weighted by Gasteiger charge is 2.12. The Morgan fingerprint density at radius 3 is 2.92 bits per heavy atom. The molecule has 25 heavy (non-hydrogen) atoms. The first-order chi connectivity index (χ1) is 12.2. The minimum Gasteiger partial charge on any atom is -0.325 e. The van der Waals surface area contributed by atoms with E-state index in [1.807, 2.05) is 60.9 Å². The maximum Gasteiger partial charge on any atom is 0.234 e. The molecule has 0 atom stereocenters. The first kappa shape index (κ1) is 17.6. The molecule has 0 aliphatic carbocycles. The van der Waals surface area contributed by atoms with Crippen LogP contribution in [0.1, 0.15) is 0 Å². The van der Waals surface area contributed by atoms with Gasteiger partial charge in [-0.15, -0.1) is 18.3 Å². The van der Waals surface area contributed by atoms with Crippen LogP contribution >= 0.6 is 23.5 Å². The van der Waals surface area contributed by atoms with E-state index in [-0.39, 0.29) is 5.91 Å². The topological polar surface area (TPSA) is 46.9 Å². The van der Waals surface area contributed by atoms with Gasteiger partial charge in [-0.05, 0) is 36.6 Å². The molecule has 4 nitrogen and oxygen atoms in total. The van der Waals surface area contributed by atoms with Crippen molar-refractivity contribution in [3.05, 3.63) is 61.2 Å². The Morgan fingerprint density at radius 1 is 1.28 bits per heavy atom. The molecule has 1 heterocycles. The van der Waals surface area contributed by atoms with Crippen LogP contribution in [0.3, 0.4) is 0 Å². The third-order valence-electron chi connectivity index (χ3n) is 3.62. The largest absolute Gasteiger partial charge is 0.325 e. The van der Waals surface area contributed by atoms with Crippen molar-refractivity contribution in [2.24, 2.45) is 0 Å². The van der Waals surface area contributed by atoms with E-state index in [1.165, 1.54) is 11.8 Å². The first-order valence-electron chi connectivity index (χ1n) is 7.84. The molecule has 0 aliphatic heterocycles. The number of nitrogens with one attached hydrogen (secondary N) is 1. The van der Waals surface area contributed by atoms with Crippen molar-refractivity contribution in [3.63, 3.8) is 0 Å². The second-order valence-corrected chi connectivity index (χ2v) is 7.17. The molecule has 0 unspecified atom stereocenters. The van der Waals surface area contributed by atoms with E-state index in [1.54, 1.807) is 11.8 Å². The van der Waals surface area contributed by atoms with Gasteiger partial charge in [0, 0.05) is 17.1 Å². The number of hydrogen-bond acceptors (Lipinski definition) is 4. The van der Waals surface area contributed by atoms with Gasteiger partial charge in [0.05, 0.1) is 16.8 Å². The van der Waals surface area contributed by atoms with Crippen molar-refractivity contribution in [2.75, 3.05) is 17.3 Å². The lowest BCUT2D eigenvalue weighted by atomic mass is 10.3. The lowest BCUT2D eigenvalue weighted by Crippen LogP contribution is -2.14. The van der Waals surface area contributed by atoms with Gasteiger partial charge < -0.3 is 9.88 Å². The normalized spacial score (nSPS) is 10.8. The van der Waals surface area contributed by atoms with Crippen LogP contribution in [0.4, 0.5) is 5.69 Å². The van der Waals surface area contributed by atoms with Crippen molar-refractivity contribution in [1.29, 1.82) is 0 Å². The molecule has 0 bridgehead atoms. The van der Waals surface area contributed by atoms with E-state index in [0.29, 0.717) is 12.3 Å². The van der Waals surface area contributed by atoms with Crippen LogP contribution in [-0.4, -0.2) is 27.5 Å². The number of carbonyl (C=O) groups is 1. The van der Waals surface area contributed by atoms with E-state index >= 15 is 0 Å². The number of fused-ring (bicyclic) bond motifs is 1. The summed E-state index contributed by atoms with van der Waals surface area (Å²) < 4.78 is 2.08. The van der Waals surface area contributed by atoms with Crippen LogP contribution in [0, 0.1) is 0 Å². The van der Waals surface area contributed by atoms with Crippen molar-refractivity contribution in [2.45, 2.75) is 16.6 Å². The number of anilines is 1. The zero-order chi connectivity index (χ0) is 17.6. The molecule has 3 aromatic rings. The van der Waals surface area contributed by atoms with E-state index in [9.17, 15) is 4.79 Å². The van der Waals surface area contributed by atoms with Gasteiger partial charge >= 0.3 is 0 Å². The molecule has 1 aromatic heterocycles. The highest BCUT2D eigenvalue weighted by Crippen LogP contribution is 2.25. The number of aromatic nitrogens is 2. The van der Waals surface area contributed by atoms with Crippen LogP contribution in [0.15, 0.2) is 71.2 Å². The lowest BCUT2D eigenvalue weighted by molar-refractivity contribution is -0.113. The van der Waals surface area contributed by atoms with E-state index < -0.39 is 0 Å². The fourth-order valence-corrected chi connectivity index (χ4v) is 3.78. The summed E-state index contributed by atoms with van der Waals surface area (Å²) in [5, 5.41) is 3.77. The third kappa shape index (κ3) is 4.27. The lowest BCUT2D eigenvalue weighted by Gasteiger charge is -2.08. The Hall–Kier alpha value is -2.18. The van der Waals surface area contributed by atoms with Gasteiger partial charge in [-0.2, -0.15) is 0 Å². The average Bonchev–Trinajstić information content (AvgIpc) is 2.98. The molecule has 6 heteroatoms. The van der Waals surface area contributed by atoms with Crippen molar-refractivity contribution >= 4 is 46.2 Å². The predicted molar refractivity (Wildman–Crippen MR) is 108 cm³/mol. The van der Waals surface area contributed by atoms with Gasteiger partial charge in [-0.1, -0.05) is 36.0 Å². The number of benzene rings is 2. The van der Waals surface area contributed by atoms with Crippen LogP contribution < -0.4 is 5.32 Å². The average molecular weight is 370 g/mol. The van der Waals surface area contributed by atoms with Gasteiger partial charge in [0.25, 0.3) is 0 Å². The standard InChI is InChI=1S/C19H19N3OS2/c1-3-11-22-17-10-5-4-9-16(17)21-19(22)25-13-18(23)20-14-7-6-8-15(12-14)24-2/h3-10,12H,1,11,13H2,2H3,(H,20,23). The highest BCUT2D eigenvalue weighted by atomic mass is 32.2. The summed E-state index contributed by atoms with van der Waals surface area (Å²) in [6.07, 6.45) is 3.85. The molecule has 0 saturated heterocycles. The summed E-state index contributed by atoms with van der Waals surface area (Å²) in [5.74, 6) is 0.268. The van der Waals surface area contributed by atoms with Crippen LogP contribution in [-0.2, 0) is 11.3 Å². The van der Waals surface area contributed by atoms with Crippen LogP contribution in [0.5, 0.6) is 0 Å². The molecule has 1 N–H and O–H groups in total. The van der Waals surface area contributed by atoms with Crippen molar-refractivity contribution in [3.8, 4) is 0 Å². The molecule has 0 aliphatic rings. The molecule has 2 aromatic carbocycles. The summed E-state index contributed by atoms with van der Waals surface area (Å²) in [4.78, 5) is 18.0. The molecular weight excluding hydrogens is 350 g/mol. The summed E-state index contributed by atoms with van der Waals surface area (Å²) in [7, 11) is 0. The minimum atomic E-state index is -0.0412. The third-order valence-corrected chi connectivity index (χ3v) is 5.32. The van der Waals surface area contributed by atoms with Gasteiger partial charge in [0.2, 0.25) is 5.91 Å². The number of para-hydroxylation sites is 2. The zero-order valence-corrected chi connectivity index (χ0v) is 15.6. The zero-order valence-electron chi connectivity index (χ0n) is 13.9. The number of thioether (sulfide) groups is 2. The van der Waals surface area contributed by atoms with Gasteiger partial charge in [-0.25, -0.2) is 4.98 Å². The molecular formula is C19H19N3OS2. The number of amides is 1. The number of rotatable bonds is 7. The monoisotopic (exact) mass is 369 g/mol. The highest BCUT2D eigenvalue weighted by molar-refractivity contribution is 7.99. The van der Waals surface area contributed by atoms with Gasteiger partial charge in [-0.3, -0.25) is 4.79 Å². The second-order valence-electron chi connectivity index (χ2n) is 5.35. The summed E-state index contributed by atoms with van der Waals surface area (Å²) in [6.45, 7) is 4.48. The molecule has 3 rings (SSSR count). The smallest absolute Gasteiger partial charge is 0.234 e. The molecule has 0 fully saturated rings. The molecule has 0 saturated carbocycles. The summed E-state index contributed by atoms with van der Waals surface area (Å²) in [5.41, 5.74) is 2.80. The Labute approximate surface area is 155 Å². The number of imidazole rings is 1. The summed E-state index contributed by atoms with van der Waals surface area (Å²) >= 11 is 3.09. The second kappa shape index (κ2) is 8.27. The SMILES string of the molecule is C=CCn1c(SCC(=O)Nc2cccc(SC)c2)nc2ccccc21. The van der Waals surface area contributed by atoms with E-state index in [2.05, 4.69) is 21.4 Å². The quantitative estimate of drug-likeness (QED) is 0.485. The maximum absolute atomic E-state index is 12.3. The number of allylic oxidation sites excluding steroid dienone is 1. The maximum atomic E-state index is 12.3. The molecule has 128 valence electrons. The fraction of sp³-hybridized carbons (Fsp3) is 0.158. The van der Waals surface area contributed by atoms with E-state index in [4.69, 9.17) is 0 Å². The Kier molecular flexibility index (Phi) is 5.83. The van der Waals surface area contributed by atoms with Gasteiger partial charge in [0.1, 0.15) is 0 Å². The number of carbonyl (C=O) groups excluding carboxylic acids is 1. The van der Waals surface area contributed by atoms with Crippen LogP contribution in [0.2, 0.25) is 0 Å². The van der Waals surface area contributed by atoms with Crippen LogP contribution in [0.25, 0.3) is 11.0 Å². The van der Waals surface area contributed by atoms with Crippen molar-refractivity contribution in [1.82, 2.24) is 9.55 Å². The van der Waals surface area contributed by atoms with Gasteiger partial charge in [0.15, 0.2) is 5.16 Å². The molecule has 1 amide bonds. The Bertz CT molecular complexity index is 905. The number of hydrogen-bond donors (Lipinski definition) is 1. The number of nitrogens with zero attached hydrogens (tertiary/aromatic N) is 2. The Morgan fingerprint density at radius 2 is 2.12 bits per heavy atom. The predicted octanol–water partition coefficient (Wildman–Crippen LogP) is 4.68.